The minimum absolute atomic E-state index is 0.315. The maximum Gasteiger partial charge on any atom is 0.0475 e. The Balaban J connectivity index is 3.00. The Bertz CT molecular complexity index is 378. The van der Waals surface area contributed by atoms with Crippen LogP contribution in [0, 0.1) is 19.8 Å². The van der Waals surface area contributed by atoms with E-state index in [-0.39, 0.29) is 0 Å². The van der Waals surface area contributed by atoms with Gasteiger partial charge in [0.2, 0.25) is 0 Å². The second-order valence-electron chi connectivity index (χ2n) is 6.20. The molecular formula is C17H30N2. The predicted molar refractivity (Wildman–Crippen MR) is 84.4 cm³/mol. The van der Waals surface area contributed by atoms with Gasteiger partial charge in [-0.3, -0.25) is 4.90 Å². The van der Waals surface area contributed by atoms with Crippen molar-refractivity contribution in [3.05, 3.63) is 34.9 Å². The van der Waals surface area contributed by atoms with Crippen LogP contribution in [0.5, 0.6) is 0 Å². The van der Waals surface area contributed by atoms with Crippen molar-refractivity contribution in [3.63, 3.8) is 0 Å². The van der Waals surface area contributed by atoms with E-state index in [0.29, 0.717) is 24.5 Å². The zero-order valence-electron chi connectivity index (χ0n) is 13.4. The van der Waals surface area contributed by atoms with Crippen molar-refractivity contribution >= 4 is 0 Å². The average Bonchev–Trinajstić information content (AvgIpc) is 2.32. The first-order chi connectivity index (χ1) is 8.88. The fourth-order valence-corrected chi connectivity index (χ4v) is 3.00. The van der Waals surface area contributed by atoms with Crippen LogP contribution in [0.3, 0.4) is 0 Å². The van der Waals surface area contributed by atoms with Gasteiger partial charge in [0.25, 0.3) is 0 Å². The molecule has 0 radical (unpaired) electrons. The Labute approximate surface area is 119 Å². The fraction of sp³-hybridized carbons (Fsp3) is 0.647. The van der Waals surface area contributed by atoms with Gasteiger partial charge >= 0.3 is 0 Å². The topological polar surface area (TPSA) is 29.3 Å². The number of nitrogens with zero attached hydrogens (tertiary/aromatic N) is 1. The number of benzene rings is 1. The Morgan fingerprint density at radius 1 is 1.11 bits per heavy atom. The number of nitrogens with two attached hydrogens (primary N) is 1. The lowest BCUT2D eigenvalue weighted by atomic mass is 9.93. The highest BCUT2D eigenvalue weighted by Crippen LogP contribution is 2.28. The molecule has 0 saturated heterocycles. The minimum Gasteiger partial charge on any atom is -0.329 e. The first kappa shape index (κ1) is 16.2. The van der Waals surface area contributed by atoms with Gasteiger partial charge < -0.3 is 5.73 Å². The molecule has 2 nitrogen and oxygen atoms in total. The van der Waals surface area contributed by atoms with Gasteiger partial charge in [-0.25, -0.2) is 0 Å². The highest BCUT2D eigenvalue weighted by molar-refractivity contribution is 5.36. The smallest absolute Gasteiger partial charge is 0.0475 e. The third-order valence-electron chi connectivity index (χ3n) is 4.10. The maximum atomic E-state index is 6.07. The molecule has 0 bridgehead atoms. The number of hydrogen-bond donors (Lipinski definition) is 1. The van der Waals surface area contributed by atoms with Crippen LogP contribution in [0.25, 0.3) is 0 Å². The van der Waals surface area contributed by atoms with Crippen LogP contribution in [-0.2, 0) is 0 Å². The molecule has 1 rings (SSSR count). The van der Waals surface area contributed by atoms with Gasteiger partial charge in [0, 0.05) is 18.6 Å². The lowest BCUT2D eigenvalue weighted by Gasteiger charge is -2.35. The van der Waals surface area contributed by atoms with Gasteiger partial charge in [-0.15, -0.1) is 0 Å². The van der Waals surface area contributed by atoms with E-state index < -0.39 is 0 Å². The summed E-state index contributed by atoms with van der Waals surface area (Å²) >= 11 is 0. The average molecular weight is 262 g/mol. The molecule has 2 N–H and O–H groups in total. The molecule has 0 aliphatic rings. The molecule has 1 aromatic carbocycles. The number of rotatable bonds is 6. The molecule has 0 saturated carbocycles. The molecular weight excluding hydrogens is 232 g/mol. The molecule has 1 aromatic rings. The molecule has 0 amide bonds. The number of likely N-dealkylation sites (N-methyl/N-ethyl adjacent to an activating group) is 1. The zero-order valence-corrected chi connectivity index (χ0v) is 13.4. The normalized spacial score (nSPS) is 15.0. The van der Waals surface area contributed by atoms with Gasteiger partial charge in [0.05, 0.1) is 0 Å². The zero-order chi connectivity index (χ0) is 14.6. The van der Waals surface area contributed by atoms with Crippen LogP contribution in [0.2, 0.25) is 0 Å². The summed E-state index contributed by atoms with van der Waals surface area (Å²) in [6.07, 6.45) is 1.21. The monoisotopic (exact) mass is 262 g/mol. The van der Waals surface area contributed by atoms with E-state index in [1.165, 1.54) is 23.1 Å². The fourth-order valence-electron chi connectivity index (χ4n) is 3.00. The van der Waals surface area contributed by atoms with Crippen molar-refractivity contribution in [2.24, 2.45) is 11.7 Å². The van der Waals surface area contributed by atoms with E-state index >= 15 is 0 Å². The summed E-state index contributed by atoms with van der Waals surface area (Å²) in [6.45, 7) is 11.9. The first-order valence-corrected chi connectivity index (χ1v) is 7.36. The van der Waals surface area contributed by atoms with Crippen molar-refractivity contribution in [1.29, 1.82) is 0 Å². The van der Waals surface area contributed by atoms with Crippen LogP contribution in [0.1, 0.15) is 49.9 Å². The summed E-state index contributed by atoms with van der Waals surface area (Å²) in [6, 6.07) is 7.36. The Morgan fingerprint density at radius 3 is 2.05 bits per heavy atom. The summed E-state index contributed by atoms with van der Waals surface area (Å²) in [5, 5.41) is 0. The standard InChI is InChI=1S/C17H30N2/c1-12(2)10-15(5)19(6)16(11-18)17-13(3)8-7-9-14(17)4/h7-9,12,15-16H,10-11,18H2,1-6H3. The van der Waals surface area contributed by atoms with E-state index in [2.05, 4.69) is 64.8 Å². The number of aryl methyl sites for hydroxylation is 2. The van der Waals surface area contributed by atoms with E-state index in [1.807, 2.05) is 0 Å². The lowest BCUT2D eigenvalue weighted by Crippen LogP contribution is -2.38. The van der Waals surface area contributed by atoms with Gasteiger partial charge in [-0.05, 0) is 56.8 Å². The summed E-state index contributed by atoms with van der Waals surface area (Å²) < 4.78 is 0. The van der Waals surface area contributed by atoms with Crippen molar-refractivity contribution in [2.45, 2.75) is 53.1 Å². The second kappa shape index (κ2) is 7.06. The van der Waals surface area contributed by atoms with E-state index in [4.69, 9.17) is 5.73 Å². The Hall–Kier alpha value is -0.860. The van der Waals surface area contributed by atoms with E-state index in [1.54, 1.807) is 0 Å². The largest absolute Gasteiger partial charge is 0.329 e. The minimum atomic E-state index is 0.315. The molecule has 0 aliphatic heterocycles. The molecule has 2 heteroatoms. The van der Waals surface area contributed by atoms with Crippen LogP contribution >= 0.6 is 0 Å². The van der Waals surface area contributed by atoms with Gasteiger partial charge in [-0.2, -0.15) is 0 Å². The summed E-state index contributed by atoms with van der Waals surface area (Å²) in [5.74, 6) is 0.717. The Morgan fingerprint density at radius 2 is 1.63 bits per heavy atom. The quantitative estimate of drug-likeness (QED) is 0.847. The third kappa shape index (κ3) is 4.05. The lowest BCUT2D eigenvalue weighted by molar-refractivity contribution is 0.168. The molecule has 2 unspecified atom stereocenters. The molecule has 19 heavy (non-hydrogen) atoms. The van der Waals surface area contributed by atoms with Crippen molar-refractivity contribution < 1.29 is 0 Å². The number of hydrogen-bond acceptors (Lipinski definition) is 2. The SMILES string of the molecule is Cc1cccc(C)c1C(CN)N(C)C(C)CC(C)C. The molecule has 108 valence electrons. The molecule has 0 fully saturated rings. The highest BCUT2D eigenvalue weighted by atomic mass is 15.2. The van der Waals surface area contributed by atoms with Crippen LogP contribution < -0.4 is 5.73 Å². The second-order valence-corrected chi connectivity index (χ2v) is 6.20. The first-order valence-electron chi connectivity index (χ1n) is 7.36. The molecule has 0 spiro atoms. The van der Waals surface area contributed by atoms with E-state index in [9.17, 15) is 0 Å². The third-order valence-corrected chi connectivity index (χ3v) is 4.10. The van der Waals surface area contributed by atoms with Crippen LogP contribution in [-0.4, -0.2) is 24.5 Å². The van der Waals surface area contributed by atoms with Gasteiger partial charge in [0.1, 0.15) is 0 Å². The molecule has 0 aromatic heterocycles. The molecule has 0 heterocycles. The van der Waals surface area contributed by atoms with Crippen molar-refractivity contribution in [2.75, 3.05) is 13.6 Å². The Kier molecular flexibility index (Phi) is 6.02. The van der Waals surface area contributed by atoms with Crippen molar-refractivity contribution in [3.8, 4) is 0 Å². The summed E-state index contributed by atoms with van der Waals surface area (Å²) in [4.78, 5) is 2.44. The van der Waals surface area contributed by atoms with Gasteiger partial charge in [0.15, 0.2) is 0 Å². The summed E-state index contributed by atoms with van der Waals surface area (Å²) in [5.41, 5.74) is 10.2. The van der Waals surface area contributed by atoms with Crippen molar-refractivity contribution in [1.82, 2.24) is 4.90 Å². The molecule has 0 aliphatic carbocycles. The van der Waals surface area contributed by atoms with Crippen LogP contribution in [0.4, 0.5) is 0 Å². The predicted octanol–water partition coefficient (Wildman–Crippen LogP) is 3.67. The summed E-state index contributed by atoms with van der Waals surface area (Å²) in [7, 11) is 2.20. The highest BCUT2D eigenvalue weighted by Gasteiger charge is 2.23. The molecule has 2 atom stereocenters. The van der Waals surface area contributed by atoms with Crippen LogP contribution in [0.15, 0.2) is 18.2 Å². The van der Waals surface area contributed by atoms with E-state index in [0.717, 1.165) is 0 Å². The maximum absolute atomic E-state index is 6.07. The van der Waals surface area contributed by atoms with Gasteiger partial charge in [-0.1, -0.05) is 32.0 Å².